The lowest BCUT2D eigenvalue weighted by molar-refractivity contribution is 0.628. The van der Waals surface area contributed by atoms with Crippen LogP contribution in [0.2, 0.25) is 0 Å². The van der Waals surface area contributed by atoms with Gasteiger partial charge in [-0.05, 0) is 23.8 Å². The molecule has 0 saturated heterocycles. The number of nitrogens with zero attached hydrogens (tertiary/aromatic N) is 3. The molecular formula is C21H15FN4. The zero-order chi connectivity index (χ0) is 17.8. The van der Waals surface area contributed by atoms with Gasteiger partial charge in [-0.1, -0.05) is 48.5 Å². The van der Waals surface area contributed by atoms with Crippen molar-refractivity contribution >= 4 is 12.2 Å². The molecule has 0 radical (unpaired) electrons. The Balaban J connectivity index is 1.51. The maximum absolute atomic E-state index is 12.9. The zero-order valence-electron chi connectivity index (χ0n) is 13.8. The molecule has 5 heteroatoms. The third kappa shape index (κ3) is 3.57. The summed E-state index contributed by atoms with van der Waals surface area (Å²) in [6, 6.07) is 16.1. The molecule has 26 heavy (non-hydrogen) atoms. The van der Waals surface area contributed by atoms with Gasteiger partial charge in [-0.2, -0.15) is 0 Å². The summed E-state index contributed by atoms with van der Waals surface area (Å²) in [6.45, 7) is 0. The first-order valence-electron chi connectivity index (χ1n) is 8.14. The molecule has 0 atom stereocenters. The number of nitrogens with one attached hydrogen (secondary N) is 1. The Labute approximate surface area is 150 Å². The van der Waals surface area contributed by atoms with E-state index in [0.29, 0.717) is 11.6 Å². The fourth-order valence-electron chi connectivity index (χ4n) is 2.52. The highest BCUT2D eigenvalue weighted by Crippen LogP contribution is 2.19. The van der Waals surface area contributed by atoms with Crippen molar-refractivity contribution in [1.82, 2.24) is 19.9 Å². The van der Waals surface area contributed by atoms with Gasteiger partial charge >= 0.3 is 0 Å². The average Bonchev–Trinajstić information content (AvgIpc) is 3.17. The minimum Gasteiger partial charge on any atom is -0.338 e. The van der Waals surface area contributed by atoms with E-state index in [0.717, 1.165) is 22.4 Å². The number of halogens is 1. The van der Waals surface area contributed by atoms with Crippen LogP contribution in [0.1, 0.15) is 11.4 Å². The van der Waals surface area contributed by atoms with Crippen molar-refractivity contribution in [1.29, 1.82) is 0 Å². The number of rotatable bonds is 4. The number of imidazole rings is 1. The van der Waals surface area contributed by atoms with Crippen LogP contribution in [0.5, 0.6) is 0 Å². The normalized spacial score (nSPS) is 11.1. The molecule has 1 N–H and O–H groups in total. The van der Waals surface area contributed by atoms with Crippen molar-refractivity contribution < 1.29 is 4.39 Å². The number of hydrogen-bond acceptors (Lipinski definition) is 3. The van der Waals surface area contributed by atoms with Crippen molar-refractivity contribution in [2.45, 2.75) is 0 Å². The van der Waals surface area contributed by atoms with Crippen LogP contribution >= 0.6 is 0 Å². The summed E-state index contributed by atoms with van der Waals surface area (Å²) in [5.74, 6) is 1.14. The van der Waals surface area contributed by atoms with Gasteiger partial charge in [0.1, 0.15) is 11.6 Å². The molecule has 0 bridgehead atoms. The fraction of sp³-hybridized carbons (Fsp3) is 0. The molecule has 2 aromatic carbocycles. The molecule has 126 valence electrons. The van der Waals surface area contributed by atoms with E-state index in [1.807, 2.05) is 42.5 Å². The highest BCUT2D eigenvalue weighted by molar-refractivity contribution is 5.68. The van der Waals surface area contributed by atoms with E-state index in [1.165, 1.54) is 12.1 Å². The van der Waals surface area contributed by atoms with Crippen LogP contribution < -0.4 is 0 Å². The average molecular weight is 342 g/mol. The van der Waals surface area contributed by atoms with E-state index >= 15 is 0 Å². The highest BCUT2D eigenvalue weighted by atomic mass is 19.1. The molecular weight excluding hydrogens is 327 g/mol. The molecule has 4 aromatic rings. The van der Waals surface area contributed by atoms with Gasteiger partial charge in [0.2, 0.25) is 0 Å². The van der Waals surface area contributed by atoms with Crippen molar-refractivity contribution in [2.24, 2.45) is 0 Å². The van der Waals surface area contributed by atoms with Gasteiger partial charge in [-0.15, -0.1) is 0 Å². The molecule has 2 aromatic heterocycles. The van der Waals surface area contributed by atoms with Crippen LogP contribution in [-0.2, 0) is 0 Å². The second kappa shape index (κ2) is 7.11. The van der Waals surface area contributed by atoms with E-state index in [2.05, 4.69) is 19.9 Å². The predicted octanol–water partition coefficient (Wildman–Crippen LogP) is 4.84. The van der Waals surface area contributed by atoms with Crippen molar-refractivity contribution in [3.8, 4) is 22.6 Å². The third-order valence-electron chi connectivity index (χ3n) is 3.89. The first-order chi connectivity index (χ1) is 12.8. The van der Waals surface area contributed by atoms with Gasteiger partial charge in [-0.3, -0.25) is 0 Å². The number of aromatic amines is 1. The molecule has 0 aliphatic carbocycles. The standard InChI is InChI=1S/C21H15FN4/c22-18-9-6-15(7-10-18)8-11-20-23-14-19(26-20)17-12-24-21(25-13-17)16-4-2-1-3-5-16/h1-14H,(H,23,26). The van der Waals surface area contributed by atoms with Crippen molar-refractivity contribution in [2.75, 3.05) is 0 Å². The second-order valence-corrected chi connectivity index (χ2v) is 5.73. The number of benzene rings is 2. The summed E-state index contributed by atoms with van der Waals surface area (Å²) in [5.41, 5.74) is 3.58. The molecule has 0 unspecified atom stereocenters. The van der Waals surface area contributed by atoms with Crippen molar-refractivity contribution in [3.63, 3.8) is 0 Å². The second-order valence-electron chi connectivity index (χ2n) is 5.73. The smallest absolute Gasteiger partial charge is 0.159 e. The van der Waals surface area contributed by atoms with Gasteiger partial charge in [0.15, 0.2) is 5.82 Å². The predicted molar refractivity (Wildman–Crippen MR) is 100 cm³/mol. The van der Waals surface area contributed by atoms with Gasteiger partial charge in [0.25, 0.3) is 0 Å². The molecule has 0 aliphatic heterocycles. The Morgan fingerprint density at radius 3 is 2.19 bits per heavy atom. The minimum absolute atomic E-state index is 0.249. The Morgan fingerprint density at radius 1 is 0.731 bits per heavy atom. The molecule has 2 heterocycles. The zero-order valence-corrected chi connectivity index (χ0v) is 13.8. The molecule has 0 spiro atoms. The van der Waals surface area contributed by atoms with E-state index in [4.69, 9.17) is 0 Å². The van der Waals surface area contributed by atoms with E-state index in [-0.39, 0.29) is 5.82 Å². The SMILES string of the molecule is Fc1ccc(C=Cc2ncc(-c3cnc(-c4ccccc4)nc3)[nH]2)cc1. The van der Waals surface area contributed by atoms with Crippen LogP contribution in [0.3, 0.4) is 0 Å². The first-order valence-corrected chi connectivity index (χ1v) is 8.14. The van der Waals surface area contributed by atoms with Crippen molar-refractivity contribution in [3.05, 3.63) is 90.4 Å². The number of H-pyrrole nitrogens is 1. The number of aromatic nitrogens is 4. The summed E-state index contributed by atoms with van der Waals surface area (Å²) in [6.07, 6.45) is 9.00. The number of hydrogen-bond donors (Lipinski definition) is 1. The highest BCUT2D eigenvalue weighted by Gasteiger charge is 2.05. The molecule has 0 fully saturated rings. The van der Waals surface area contributed by atoms with E-state index in [9.17, 15) is 4.39 Å². The quantitative estimate of drug-likeness (QED) is 0.577. The van der Waals surface area contributed by atoms with E-state index < -0.39 is 0 Å². The third-order valence-corrected chi connectivity index (χ3v) is 3.89. The van der Waals surface area contributed by atoms with Crippen LogP contribution in [0.15, 0.2) is 73.2 Å². The lowest BCUT2D eigenvalue weighted by Gasteiger charge is -2.01. The van der Waals surface area contributed by atoms with Gasteiger partial charge < -0.3 is 4.98 Å². The lowest BCUT2D eigenvalue weighted by atomic mass is 10.2. The fourth-order valence-corrected chi connectivity index (χ4v) is 2.52. The summed E-state index contributed by atoms with van der Waals surface area (Å²) >= 11 is 0. The van der Waals surface area contributed by atoms with Crippen LogP contribution in [0.25, 0.3) is 34.8 Å². The molecule has 4 nitrogen and oxygen atoms in total. The minimum atomic E-state index is -0.249. The summed E-state index contributed by atoms with van der Waals surface area (Å²) < 4.78 is 12.9. The largest absolute Gasteiger partial charge is 0.338 e. The molecule has 0 amide bonds. The van der Waals surface area contributed by atoms with Gasteiger partial charge in [0.05, 0.1) is 11.9 Å². The van der Waals surface area contributed by atoms with Crippen LogP contribution in [0.4, 0.5) is 4.39 Å². The Bertz CT molecular complexity index is 1020. The lowest BCUT2D eigenvalue weighted by Crippen LogP contribution is -1.89. The topological polar surface area (TPSA) is 54.5 Å². The maximum atomic E-state index is 12.9. The first kappa shape index (κ1) is 15.9. The Morgan fingerprint density at radius 2 is 1.46 bits per heavy atom. The van der Waals surface area contributed by atoms with Gasteiger partial charge in [0, 0.05) is 23.5 Å². The molecule has 4 rings (SSSR count). The maximum Gasteiger partial charge on any atom is 0.159 e. The summed E-state index contributed by atoms with van der Waals surface area (Å²) in [5, 5.41) is 0. The van der Waals surface area contributed by atoms with Crippen LogP contribution in [0, 0.1) is 5.82 Å². The Hall–Kier alpha value is -3.60. The monoisotopic (exact) mass is 342 g/mol. The van der Waals surface area contributed by atoms with E-state index in [1.54, 1.807) is 30.7 Å². The van der Waals surface area contributed by atoms with Crippen LogP contribution in [-0.4, -0.2) is 19.9 Å². The van der Waals surface area contributed by atoms with Gasteiger partial charge in [-0.25, -0.2) is 19.3 Å². The molecule has 0 aliphatic rings. The summed E-state index contributed by atoms with van der Waals surface area (Å²) in [4.78, 5) is 16.4. The Kier molecular flexibility index (Phi) is 4.35. The summed E-state index contributed by atoms with van der Waals surface area (Å²) in [7, 11) is 0. The molecule has 0 saturated carbocycles.